The summed E-state index contributed by atoms with van der Waals surface area (Å²) < 4.78 is 0. The van der Waals surface area contributed by atoms with Gasteiger partial charge in [-0.15, -0.1) is 11.3 Å². The van der Waals surface area contributed by atoms with Crippen molar-refractivity contribution in [2.45, 2.75) is 19.4 Å². The molecule has 0 saturated carbocycles. The Bertz CT molecular complexity index is 953. The van der Waals surface area contributed by atoms with Crippen molar-refractivity contribution in [3.05, 3.63) is 91.7 Å². The fourth-order valence-electron chi connectivity index (χ4n) is 2.83. The van der Waals surface area contributed by atoms with E-state index in [9.17, 15) is 14.9 Å². The summed E-state index contributed by atoms with van der Waals surface area (Å²) in [5.41, 5.74) is 7.73. The van der Waals surface area contributed by atoms with Crippen molar-refractivity contribution >= 4 is 28.6 Å². The third kappa shape index (κ3) is 4.15. The molecule has 0 saturated heterocycles. The highest BCUT2D eigenvalue weighted by atomic mass is 32.1. The summed E-state index contributed by atoms with van der Waals surface area (Å²) in [5, 5.41) is 16.7. The molecule has 0 aliphatic carbocycles. The molecule has 0 spiro atoms. The number of benzene rings is 2. The van der Waals surface area contributed by atoms with Gasteiger partial charge in [0.1, 0.15) is 5.69 Å². The van der Waals surface area contributed by atoms with Crippen LogP contribution in [0.4, 0.5) is 11.4 Å². The Morgan fingerprint density at radius 1 is 1.22 bits per heavy atom. The molecule has 1 heterocycles. The standard InChI is InChI=1S/C20H19N3O3S/c1-2-13-5-7-14(8-6-13)19(18-4-3-11-27-18)22-16-10-9-15(20(21)24)12-17(16)23(25)26/h3-12,19,22H,2H2,1H3,(H2,21,24)/t19-/m1/s1. The lowest BCUT2D eigenvalue weighted by Crippen LogP contribution is -2.14. The number of nitrogens with two attached hydrogens (primary N) is 1. The van der Waals surface area contributed by atoms with Crippen molar-refractivity contribution in [1.82, 2.24) is 0 Å². The highest BCUT2D eigenvalue weighted by Crippen LogP contribution is 2.34. The van der Waals surface area contributed by atoms with E-state index in [-0.39, 0.29) is 17.3 Å². The predicted molar refractivity (Wildman–Crippen MR) is 107 cm³/mol. The number of amides is 1. The molecule has 0 fully saturated rings. The van der Waals surface area contributed by atoms with Crippen LogP contribution >= 0.6 is 11.3 Å². The maximum Gasteiger partial charge on any atom is 0.293 e. The summed E-state index contributed by atoms with van der Waals surface area (Å²) in [5.74, 6) is -0.699. The van der Waals surface area contributed by atoms with Crippen molar-refractivity contribution in [3.63, 3.8) is 0 Å². The fraction of sp³-hybridized carbons (Fsp3) is 0.150. The summed E-state index contributed by atoms with van der Waals surface area (Å²) >= 11 is 1.57. The van der Waals surface area contributed by atoms with Crippen LogP contribution in [-0.2, 0) is 6.42 Å². The number of aryl methyl sites for hydroxylation is 1. The first-order chi connectivity index (χ1) is 13.0. The summed E-state index contributed by atoms with van der Waals surface area (Å²) in [6.07, 6.45) is 0.942. The van der Waals surface area contributed by atoms with E-state index in [0.29, 0.717) is 5.69 Å². The molecule has 3 N–H and O–H groups in total. The maximum atomic E-state index is 11.5. The van der Waals surface area contributed by atoms with Gasteiger partial charge in [-0.1, -0.05) is 37.3 Å². The van der Waals surface area contributed by atoms with Crippen LogP contribution in [0.1, 0.15) is 39.3 Å². The van der Waals surface area contributed by atoms with Crippen LogP contribution in [0.25, 0.3) is 0 Å². The monoisotopic (exact) mass is 381 g/mol. The molecule has 27 heavy (non-hydrogen) atoms. The minimum atomic E-state index is -0.699. The number of nitrogens with zero attached hydrogens (tertiary/aromatic N) is 1. The quantitative estimate of drug-likeness (QED) is 0.464. The Labute approximate surface area is 160 Å². The molecule has 1 amide bonds. The van der Waals surface area contributed by atoms with E-state index in [4.69, 9.17) is 5.73 Å². The zero-order valence-corrected chi connectivity index (χ0v) is 15.5. The zero-order chi connectivity index (χ0) is 19.4. The van der Waals surface area contributed by atoms with Gasteiger partial charge in [0.05, 0.1) is 11.0 Å². The maximum absolute atomic E-state index is 11.5. The second-order valence-corrected chi connectivity index (χ2v) is 7.02. The van der Waals surface area contributed by atoms with Gasteiger partial charge in [0.15, 0.2) is 0 Å². The number of nitro benzene ring substituents is 1. The SMILES string of the molecule is CCc1ccc([C@@H](Nc2ccc(C(N)=O)cc2[N+](=O)[O-])c2cccs2)cc1. The highest BCUT2D eigenvalue weighted by molar-refractivity contribution is 7.10. The molecule has 1 atom stereocenters. The van der Waals surface area contributed by atoms with Gasteiger partial charge in [-0.3, -0.25) is 14.9 Å². The summed E-state index contributed by atoms with van der Waals surface area (Å²) in [7, 11) is 0. The van der Waals surface area contributed by atoms with Crippen molar-refractivity contribution < 1.29 is 9.72 Å². The van der Waals surface area contributed by atoms with E-state index in [1.807, 2.05) is 29.6 Å². The van der Waals surface area contributed by atoms with E-state index in [1.165, 1.54) is 23.8 Å². The first-order valence-corrected chi connectivity index (χ1v) is 9.34. The number of hydrogen-bond acceptors (Lipinski definition) is 5. The molecular weight excluding hydrogens is 362 g/mol. The van der Waals surface area contributed by atoms with E-state index in [2.05, 4.69) is 24.4 Å². The van der Waals surface area contributed by atoms with Crippen molar-refractivity contribution in [2.75, 3.05) is 5.32 Å². The average molecular weight is 381 g/mol. The van der Waals surface area contributed by atoms with Gasteiger partial charge < -0.3 is 11.1 Å². The number of anilines is 1. The van der Waals surface area contributed by atoms with E-state index < -0.39 is 10.8 Å². The minimum absolute atomic E-state index is 0.104. The van der Waals surface area contributed by atoms with Crippen LogP contribution < -0.4 is 11.1 Å². The number of carbonyl (C=O) groups excluding carboxylic acids is 1. The molecule has 0 aliphatic rings. The molecule has 0 bridgehead atoms. The molecule has 3 aromatic rings. The minimum Gasteiger partial charge on any atom is -0.368 e. The third-order valence-corrected chi connectivity index (χ3v) is 5.26. The first kappa shape index (κ1) is 18.6. The van der Waals surface area contributed by atoms with Crippen LogP contribution in [-0.4, -0.2) is 10.8 Å². The largest absolute Gasteiger partial charge is 0.368 e. The highest BCUT2D eigenvalue weighted by Gasteiger charge is 2.22. The van der Waals surface area contributed by atoms with Crippen LogP contribution in [0.2, 0.25) is 0 Å². The van der Waals surface area contributed by atoms with Gasteiger partial charge in [0.25, 0.3) is 5.69 Å². The van der Waals surface area contributed by atoms with Gasteiger partial charge in [-0.25, -0.2) is 0 Å². The van der Waals surface area contributed by atoms with Gasteiger partial charge >= 0.3 is 0 Å². The smallest absolute Gasteiger partial charge is 0.293 e. The number of nitrogens with one attached hydrogen (secondary N) is 1. The molecule has 2 aromatic carbocycles. The van der Waals surface area contributed by atoms with Gasteiger partial charge in [-0.2, -0.15) is 0 Å². The number of primary amides is 1. The lowest BCUT2D eigenvalue weighted by molar-refractivity contribution is -0.384. The van der Waals surface area contributed by atoms with Crippen molar-refractivity contribution in [1.29, 1.82) is 0 Å². The van der Waals surface area contributed by atoms with Crippen LogP contribution in [0.5, 0.6) is 0 Å². The molecule has 0 aliphatic heterocycles. The topological polar surface area (TPSA) is 98.3 Å². The fourth-order valence-corrected chi connectivity index (χ4v) is 3.64. The van der Waals surface area contributed by atoms with Crippen LogP contribution in [0.3, 0.4) is 0 Å². The number of thiophene rings is 1. The second-order valence-electron chi connectivity index (χ2n) is 6.04. The van der Waals surface area contributed by atoms with E-state index >= 15 is 0 Å². The molecule has 0 unspecified atom stereocenters. The van der Waals surface area contributed by atoms with Crippen LogP contribution in [0.15, 0.2) is 60.0 Å². The van der Waals surface area contributed by atoms with Gasteiger partial charge in [0, 0.05) is 16.5 Å². The Morgan fingerprint density at radius 3 is 2.52 bits per heavy atom. The lowest BCUT2D eigenvalue weighted by atomic mass is 10.0. The third-order valence-electron chi connectivity index (χ3n) is 4.33. The number of carbonyl (C=O) groups is 1. The second kappa shape index (κ2) is 8.01. The van der Waals surface area contributed by atoms with Crippen molar-refractivity contribution in [2.24, 2.45) is 5.73 Å². The molecular formula is C20H19N3O3S. The zero-order valence-electron chi connectivity index (χ0n) is 14.7. The van der Waals surface area contributed by atoms with E-state index in [1.54, 1.807) is 11.3 Å². The normalized spacial score (nSPS) is 11.7. The van der Waals surface area contributed by atoms with E-state index in [0.717, 1.165) is 16.9 Å². The predicted octanol–water partition coefficient (Wildman–Crippen LogP) is 4.52. The van der Waals surface area contributed by atoms with Gasteiger partial charge in [0.2, 0.25) is 5.91 Å². The average Bonchev–Trinajstić information content (AvgIpc) is 3.20. The molecule has 1 aromatic heterocycles. The van der Waals surface area contributed by atoms with Gasteiger partial charge in [-0.05, 0) is 41.1 Å². The summed E-state index contributed by atoms with van der Waals surface area (Å²) in [6.45, 7) is 2.09. The molecule has 138 valence electrons. The molecule has 7 heteroatoms. The summed E-state index contributed by atoms with van der Waals surface area (Å²) in [4.78, 5) is 23.4. The number of rotatable bonds is 7. The van der Waals surface area contributed by atoms with Crippen molar-refractivity contribution in [3.8, 4) is 0 Å². The molecule has 0 radical (unpaired) electrons. The Morgan fingerprint density at radius 2 is 1.96 bits per heavy atom. The molecule has 3 rings (SSSR count). The number of nitro groups is 1. The molecule has 6 nitrogen and oxygen atoms in total. The Hall–Kier alpha value is -3.19. The Balaban J connectivity index is 2.02. The first-order valence-electron chi connectivity index (χ1n) is 8.46. The van der Waals surface area contributed by atoms with Crippen LogP contribution in [0, 0.1) is 10.1 Å². The Kier molecular flexibility index (Phi) is 5.52. The number of hydrogen-bond donors (Lipinski definition) is 2. The lowest BCUT2D eigenvalue weighted by Gasteiger charge is -2.20. The summed E-state index contributed by atoms with van der Waals surface area (Å²) in [6, 6.07) is 16.1.